The number of allylic oxidation sites excluding steroid dienone is 1. The summed E-state index contributed by atoms with van der Waals surface area (Å²) in [5.74, 6) is -0.0285. The molecule has 5 rings (SSSR count). The number of benzene rings is 2. The molecule has 2 aromatic rings. The zero-order chi connectivity index (χ0) is 23.5. The molecule has 2 aliphatic carbocycles. The first-order valence-corrected chi connectivity index (χ1v) is 12.7. The molecular weight excluding hydrogens is 427 g/mol. The lowest BCUT2D eigenvalue weighted by Crippen LogP contribution is -2.40. The SMILES string of the molecule is O=C(NCCC1=CCCCC1)[C@@H]1CC12CCN(C(=O)c1cccc(-c3ccccc3F)c1)CC2. The summed E-state index contributed by atoms with van der Waals surface area (Å²) in [7, 11) is 0. The number of carbonyl (C=O) groups is 2. The van der Waals surface area contributed by atoms with Crippen molar-refractivity contribution in [1.29, 1.82) is 0 Å². The lowest BCUT2D eigenvalue weighted by atomic mass is 9.90. The number of halogens is 1. The molecule has 2 amide bonds. The smallest absolute Gasteiger partial charge is 0.253 e. The van der Waals surface area contributed by atoms with Gasteiger partial charge in [-0.2, -0.15) is 0 Å². The van der Waals surface area contributed by atoms with Gasteiger partial charge < -0.3 is 10.2 Å². The number of rotatable bonds is 6. The summed E-state index contributed by atoms with van der Waals surface area (Å²) in [6, 6.07) is 13.8. The molecule has 1 N–H and O–H groups in total. The molecule has 34 heavy (non-hydrogen) atoms. The highest BCUT2D eigenvalue weighted by Crippen LogP contribution is 2.59. The van der Waals surface area contributed by atoms with Gasteiger partial charge in [-0.05, 0) is 80.5 Å². The standard InChI is InChI=1S/C29H33FN2O2/c30-26-12-5-4-11-24(26)22-9-6-10-23(19-22)28(34)32-17-14-29(15-18-32)20-25(29)27(33)31-16-13-21-7-2-1-3-8-21/h4-7,9-12,19,25H,1-3,8,13-18,20H2,(H,31,33)/t25-/m0/s1. The quantitative estimate of drug-likeness (QED) is 0.559. The van der Waals surface area contributed by atoms with Gasteiger partial charge in [-0.1, -0.05) is 42.0 Å². The number of piperidine rings is 1. The zero-order valence-corrected chi connectivity index (χ0v) is 19.7. The van der Waals surface area contributed by atoms with E-state index >= 15 is 0 Å². The van der Waals surface area contributed by atoms with Gasteiger partial charge in [-0.25, -0.2) is 4.39 Å². The molecule has 3 aliphatic rings. The van der Waals surface area contributed by atoms with E-state index in [1.807, 2.05) is 17.0 Å². The number of hydrogen-bond donors (Lipinski definition) is 1. The summed E-state index contributed by atoms with van der Waals surface area (Å²) in [5, 5.41) is 3.16. The van der Waals surface area contributed by atoms with Gasteiger partial charge in [0.15, 0.2) is 0 Å². The molecule has 1 atom stereocenters. The molecule has 5 heteroatoms. The predicted octanol–water partition coefficient (Wildman–Crippen LogP) is 5.74. The fourth-order valence-electron chi connectivity index (χ4n) is 5.72. The van der Waals surface area contributed by atoms with Gasteiger partial charge in [-0.15, -0.1) is 0 Å². The highest BCUT2D eigenvalue weighted by atomic mass is 19.1. The van der Waals surface area contributed by atoms with Crippen LogP contribution in [0.3, 0.4) is 0 Å². The minimum absolute atomic E-state index is 0.0181. The Hall–Kier alpha value is -2.95. The summed E-state index contributed by atoms with van der Waals surface area (Å²) in [4.78, 5) is 27.8. The number of hydrogen-bond acceptors (Lipinski definition) is 2. The second-order valence-corrected chi connectivity index (χ2v) is 10.1. The van der Waals surface area contributed by atoms with Gasteiger partial charge in [0, 0.05) is 36.7 Å². The van der Waals surface area contributed by atoms with Crippen LogP contribution in [-0.4, -0.2) is 36.3 Å². The average molecular weight is 461 g/mol. The Morgan fingerprint density at radius 2 is 1.88 bits per heavy atom. The maximum absolute atomic E-state index is 14.2. The Morgan fingerprint density at radius 3 is 2.65 bits per heavy atom. The van der Waals surface area contributed by atoms with E-state index in [0.717, 1.165) is 32.2 Å². The van der Waals surface area contributed by atoms with Crippen molar-refractivity contribution < 1.29 is 14.0 Å². The molecule has 2 fully saturated rings. The van der Waals surface area contributed by atoms with Gasteiger partial charge in [0.05, 0.1) is 0 Å². The summed E-state index contributed by atoms with van der Waals surface area (Å²) in [6.45, 7) is 2.07. The first kappa shape index (κ1) is 22.8. The molecule has 0 aromatic heterocycles. The minimum Gasteiger partial charge on any atom is -0.356 e. The van der Waals surface area contributed by atoms with E-state index in [2.05, 4.69) is 11.4 Å². The van der Waals surface area contributed by atoms with Crippen LogP contribution in [0.1, 0.15) is 61.7 Å². The second-order valence-electron chi connectivity index (χ2n) is 10.1. The van der Waals surface area contributed by atoms with Crippen LogP contribution in [-0.2, 0) is 4.79 Å². The van der Waals surface area contributed by atoms with Crippen molar-refractivity contribution in [1.82, 2.24) is 10.2 Å². The number of nitrogens with zero attached hydrogens (tertiary/aromatic N) is 1. The van der Waals surface area contributed by atoms with E-state index < -0.39 is 0 Å². The highest BCUT2D eigenvalue weighted by Gasteiger charge is 2.58. The number of nitrogens with one attached hydrogen (secondary N) is 1. The van der Waals surface area contributed by atoms with Crippen molar-refractivity contribution in [2.75, 3.05) is 19.6 Å². The topological polar surface area (TPSA) is 49.4 Å². The molecule has 0 unspecified atom stereocenters. The van der Waals surface area contributed by atoms with Crippen LogP contribution in [0.4, 0.5) is 4.39 Å². The van der Waals surface area contributed by atoms with E-state index in [4.69, 9.17) is 0 Å². The van der Waals surface area contributed by atoms with E-state index in [9.17, 15) is 14.0 Å². The first-order valence-electron chi connectivity index (χ1n) is 12.7. The van der Waals surface area contributed by atoms with Crippen LogP contribution in [0, 0.1) is 17.2 Å². The molecule has 178 valence electrons. The number of carbonyl (C=O) groups excluding carboxylic acids is 2. The molecule has 1 aliphatic heterocycles. The summed E-state index contributed by atoms with van der Waals surface area (Å²) < 4.78 is 14.2. The Labute approximate surface area is 201 Å². The third kappa shape index (κ3) is 4.79. The van der Waals surface area contributed by atoms with Crippen molar-refractivity contribution in [3.05, 3.63) is 71.6 Å². The van der Waals surface area contributed by atoms with Gasteiger partial charge in [0.1, 0.15) is 5.82 Å². The summed E-state index contributed by atoms with van der Waals surface area (Å²) in [6.07, 6.45) is 10.9. The van der Waals surface area contributed by atoms with Crippen LogP contribution < -0.4 is 5.32 Å². The largest absolute Gasteiger partial charge is 0.356 e. The molecule has 1 heterocycles. The molecular formula is C29H33FN2O2. The summed E-state index contributed by atoms with van der Waals surface area (Å²) >= 11 is 0. The Bertz CT molecular complexity index is 1100. The van der Waals surface area contributed by atoms with E-state index in [-0.39, 0.29) is 29.0 Å². The third-order valence-electron chi connectivity index (χ3n) is 7.98. The van der Waals surface area contributed by atoms with Crippen molar-refractivity contribution in [2.45, 2.75) is 51.4 Å². The van der Waals surface area contributed by atoms with Crippen LogP contribution >= 0.6 is 0 Å². The van der Waals surface area contributed by atoms with Crippen LogP contribution in [0.15, 0.2) is 60.2 Å². The van der Waals surface area contributed by atoms with Crippen LogP contribution in [0.25, 0.3) is 11.1 Å². The lowest BCUT2D eigenvalue weighted by Gasteiger charge is -2.33. The summed E-state index contributed by atoms with van der Waals surface area (Å²) in [5.41, 5.74) is 3.35. The van der Waals surface area contributed by atoms with Gasteiger partial charge in [0.2, 0.25) is 5.91 Å². The van der Waals surface area contributed by atoms with E-state index in [0.29, 0.717) is 29.8 Å². The van der Waals surface area contributed by atoms with E-state index in [1.165, 1.54) is 37.3 Å². The van der Waals surface area contributed by atoms with Gasteiger partial charge in [-0.3, -0.25) is 9.59 Å². The predicted molar refractivity (Wildman–Crippen MR) is 132 cm³/mol. The fraction of sp³-hybridized carbons (Fsp3) is 0.448. The van der Waals surface area contributed by atoms with E-state index in [1.54, 1.807) is 30.3 Å². The molecule has 4 nitrogen and oxygen atoms in total. The van der Waals surface area contributed by atoms with Crippen molar-refractivity contribution >= 4 is 11.8 Å². The van der Waals surface area contributed by atoms with Crippen LogP contribution in [0.2, 0.25) is 0 Å². The number of amides is 2. The van der Waals surface area contributed by atoms with Crippen molar-refractivity contribution in [3.8, 4) is 11.1 Å². The molecule has 2 aromatic carbocycles. The third-order valence-corrected chi connectivity index (χ3v) is 7.98. The minimum atomic E-state index is -0.291. The highest BCUT2D eigenvalue weighted by molar-refractivity contribution is 5.95. The zero-order valence-electron chi connectivity index (χ0n) is 19.7. The lowest BCUT2D eigenvalue weighted by molar-refractivity contribution is -0.123. The number of likely N-dealkylation sites (tertiary alicyclic amines) is 1. The second kappa shape index (κ2) is 9.73. The van der Waals surface area contributed by atoms with Crippen molar-refractivity contribution in [2.24, 2.45) is 11.3 Å². The normalized spacial score (nSPS) is 21.1. The maximum Gasteiger partial charge on any atom is 0.253 e. The Kier molecular flexibility index (Phi) is 6.53. The maximum atomic E-state index is 14.2. The Balaban J connectivity index is 1.13. The van der Waals surface area contributed by atoms with Gasteiger partial charge >= 0.3 is 0 Å². The molecule has 1 spiro atoms. The Morgan fingerprint density at radius 1 is 1.06 bits per heavy atom. The van der Waals surface area contributed by atoms with Gasteiger partial charge in [0.25, 0.3) is 5.91 Å². The molecule has 0 bridgehead atoms. The monoisotopic (exact) mass is 460 g/mol. The average Bonchev–Trinajstić information content (AvgIpc) is 3.58. The fourth-order valence-corrected chi connectivity index (χ4v) is 5.72. The molecule has 1 saturated carbocycles. The van der Waals surface area contributed by atoms with Crippen molar-refractivity contribution in [3.63, 3.8) is 0 Å². The first-order chi connectivity index (χ1) is 16.6. The van der Waals surface area contributed by atoms with Crippen LogP contribution in [0.5, 0.6) is 0 Å². The molecule has 1 saturated heterocycles. The molecule has 0 radical (unpaired) electrons.